The smallest absolute Gasteiger partial charge is 0.295 e. The van der Waals surface area contributed by atoms with Gasteiger partial charge in [0.05, 0.1) is 5.69 Å². The zero-order chi connectivity index (χ0) is 19.7. The number of para-hydroxylation sites is 1. The minimum atomic E-state index is -4.02. The number of nitrogens with zero attached hydrogens (tertiary/aromatic N) is 1. The zero-order valence-electron chi connectivity index (χ0n) is 14.8. The standard InChI is InChI=1S/C20H16N2O4S2/c1-14-11-17(20(21-13-14)27(23)16-8-3-2-4-9-16)22-28(24,25)19-12-15-7-5-6-10-18(15)26-19/h2-13,22H,1H3. The molecule has 0 saturated heterocycles. The van der Waals surface area contributed by atoms with Crippen LogP contribution in [0.4, 0.5) is 5.69 Å². The van der Waals surface area contributed by atoms with Crippen LogP contribution in [-0.2, 0) is 20.8 Å². The first-order valence-electron chi connectivity index (χ1n) is 8.39. The Hall–Kier alpha value is -2.97. The maximum atomic E-state index is 12.9. The lowest BCUT2D eigenvalue weighted by molar-refractivity contribution is 0.484. The fraction of sp³-hybridized carbons (Fsp3) is 0.0500. The van der Waals surface area contributed by atoms with Crippen molar-refractivity contribution in [3.05, 3.63) is 78.5 Å². The topological polar surface area (TPSA) is 89.3 Å². The van der Waals surface area contributed by atoms with Crippen LogP contribution in [0.3, 0.4) is 0 Å². The predicted octanol–water partition coefficient (Wildman–Crippen LogP) is 4.10. The van der Waals surface area contributed by atoms with Gasteiger partial charge in [0.1, 0.15) is 16.4 Å². The summed E-state index contributed by atoms with van der Waals surface area (Å²) in [5, 5.41) is 0.599. The second-order valence-corrected chi connectivity index (χ2v) is 9.16. The molecule has 2 aromatic heterocycles. The third kappa shape index (κ3) is 3.56. The van der Waals surface area contributed by atoms with Gasteiger partial charge in [-0.2, -0.15) is 8.42 Å². The fourth-order valence-corrected chi connectivity index (χ4v) is 4.90. The second kappa shape index (κ2) is 7.21. The quantitative estimate of drug-likeness (QED) is 0.533. The van der Waals surface area contributed by atoms with Crippen LogP contribution in [-0.4, -0.2) is 17.6 Å². The number of aryl methyl sites for hydroxylation is 1. The second-order valence-electron chi connectivity index (χ2n) is 6.16. The Balaban J connectivity index is 1.74. The zero-order valence-corrected chi connectivity index (χ0v) is 16.5. The minimum absolute atomic E-state index is 0.136. The van der Waals surface area contributed by atoms with Crippen LogP contribution in [0.5, 0.6) is 0 Å². The first-order chi connectivity index (χ1) is 13.4. The van der Waals surface area contributed by atoms with Gasteiger partial charge >= 0.3 is 0 Å². The summed E-state index contributed by atoms with van der Waals surface area (Å²) < 4.78 is 46.6. The molecule has 0 bridgehead atoms. The van der Waals surface area contributed by atoms with Gasteiger partial charge in [0.2, 0.25) is 5.09 Å². The van der Waals surface area contributed by atoms with Gasteiger partial charge < -0.3 is 4.42 Å². The van der Waals surface area contributed by atoms with Crippen molar-refractivity contribution in [2.24, 2.45) is 0 Å². The fourth-order valence-electron chi connectivity index (χ4n) is 2.72. The molecular formula is C20H16N2O4S2. The molecule has 0 amide bonds. The Kier molecular flexibility index (Phi) is 4.74. The molecule has 2 heterocycles. The molecule has 4 aromatic rings. The first-order valence-corrected chi connectivity index (χ1v) is 11.0. The number of furan rings is 1. The minimum Gasteiger partial charge on any atom is -0.443 e. The van der Waals surface area contributed by atoms with Gasteiger partial charge in [0.15, 0.2) is 5.03 Å². The third-order valence-electron chi connectivity index (χ3n) is 4.03. The molecule has 28 heavy (non-hydrogen) atoms. The largest absolute Gasteiger partial charge is 0.443 e. The van der Waals surface area contributed by atoms with Gasteiger partial charge in [-0.3, -0.25) is 4.72 Å². The molecule has 0 radical (unpaired) electrons. The molecule has 142 valence electrons. The van der Waals surface area contributed by atoms with Crippen molar-refractivity contribution >= 4 is 37.5 Å². The summed E-state index contributed by atoms with van der Waals surface area (Å²) in [7, 11) is -5.66. The number of benzene rings is 2. The lowest BCUT2D eigenvalue weighted by Gasteiger charge is -2.11. The SMILES string of the molecule is Cc1cnc(S(=O)c2ccccc2)c(NS(=O)(=O)c2cc3ccccc3o2)c1. The Bertz CT molecular complexity index is 1250. The van der Waals surface area contributed by atoms with E-state index in [9.17, 15) is 12.6 Å². The molecule has 0 aliphatic carbocycles. The molecule has 1 unspecified atom stereocenters. The lowest BCUT2D eigenvalue weighted by atomic mass is 10.3. The summed E-state index contributed by atoms with van der Waals surface area (Å²) >= 11 is 0. The summed E-state index contributed by atoms with van der Waals surface area (Å²) in [6, 6.07) is 18.8. The number of sulfonamides is 1. The van der Waals surface area contributed by atoms with Gasteiger partial charge in [-0.1, -0.05) is 36.4 Å². The molecule has 4 rings (SSSR count). The van der Waals surface area contributed by atoms with E-state index in [-0.39, 0.29) is 15.8 Å². The molecule has 0 spiro atoms. The van der Waals surface area contributed by atoms with Crippen molar-refractivity contribution in [3.8, 4) is 0 Å². The van der Waals surface area contributed by atoms with Crippen molar-refractivity contribution in [1.82, 2.24) is 4.98 Å². The highest BCUT2D eigenvalue weighted by molar-refractivity contribution is 7.92. The highest BCUT2D eigenvalue weighted by atomic mass is 32.2. The maximum Gasteiger partial charge on any atom is 0.295 e. The Morgan fingerprint density at radius 3 is 2.46 bits per heavy atom. The number of rotatable bonds is 5. The third-order valence-corrected chi connectivity index (χ3v) is 6.63. The van der Waals surface area contributed by atoms with E-state index < -0.39 is 20.8 Å². The average molecular weight is 412 g/mol. The lowest BCUT2D eigenvalue weighted by Crippen LogP contribution is -2.15. The monoisotopic (exact) mass is 412 g/mol. The number of nitrogens with one attached hydrogen (secondary N) is 1. The van der Waals surface area contributed by atoms with E-state index >= 15 is 0 Å². The van der Waals surface area contributed by atoms with E-state index in [1.807, 2.05) is 6.07 Å². The molecule has 8 heteroatoms. The van der Waals surface area contributed by atoms with E-state index in [4.69, 9.17) is 4.42 Å². The Labute approximate surface area is 164 Å². The Morgan fingerprint density at radius 1 is 1.00 bits per heavy atom. The number of anilines is 1. The van der Waals surface area contributed by atoms with Gasteiger partial charge in [0, 0.05) is 22.5 Å². The molecule has 6 nitrogen and oxygen atoms in total. The first kappa shape index (κ1) is 18.4. The van der Waals surface area contributed by atoms with Gasteiger partial charge in [-0.05, 0) is 36.8 Å². The number of hydrogen-bond acceptors (Lipinski definition) is 5. The van der Waals surface area contributed by atoms with Gasteiger partial charge in [-0.15, -0.1) is 0 Å². The van der Waals surface area contributed by atoms with Crippen LogP contribution in [0.2, 0.25) is 0 Å². The van der Waals surface area contributed by atoms with Crippen molar-refractivity contribution in [2.45, 2.75) is 21.9 Å². The molecule has 0 saturated carbocycles. The van der Waals surface area contributed by atoms with Crippen LogP contribution in [0.15, 0.2) is 92.4 Å². The summed E-state index contributed by atoms with van der Waals surface area (Å²) in [4.78, 5) is 4.75. The molecule has 2 aromatic carbocycles. The molecule has 0 aliphatic heterocycles. The normalized spacial score (nSPS) is 12.8. The summed E-state index contributed by atoms with van der Waals surface area (Å²) in [6.45, 7) is 1.78. The van der Waals surface area contributed by atoms with Crippen molar-refractivity contribution in [2.75, 3.05) is 4.72 Å². The Morgan fingerprint density at radius 2 is 1.71 bits per heavy atom. The van der Waals surface area contributed by atoms with E-state index in [1.165, 1.54) is 6.07 Å². The number of fused-ring (bicyclic) bond motifs is 1. The summed E-state index contributed by atoms with van der Waals surface area (Å²) in [6.07, 6.45) is 1.55. The average Bonchev–Trinajstić information content (AvgIpc) is 3.13. The summed E-state index contributed by atoms with van der Waals surface area (Å²) in [5.41, 5.74) is 1.36. The predicted molar refractivity (Wildman–Crippen MR) is 107 cm³/mol. The van der Waals surface area contributed by atoms with E-state index in [2.05, 4.69) is 9.71 Å². The van der Waals surface area contributed by atoms with Crippen LogP contribution in [0, 0.1) is 6.92 Å². The molecule has 1 N–H and O–H groups in total. The van der Waals surface area contributed by atoms with Crippen molar-refractivity contribution in [3.63, 3.8) is 0 Å². The molecule has 0 aliphatic rings. The van der Waals surface area contributed by atoms with E-state index in [0.29, 0.717) is 15.9 Å². The van der Waals surface area contributed by atoms with Crippen LogP contribution in [0.25, 0.3) is 11.0 Å². The highest BCUT2D eigenvalue weighted by Crippen LogP contribution is 2.28. The number of pyridine rings is 1. The number of hydrogen-bond donors (Lipinski definition) is 1. The van der Waals surface area contributed by atoms with E-state index in [1.54, 1.807) is 67.7 Å². The maximum absolute atomic E-state index is 12.9. The molecule has 1 atom stereocenters. The van der Waals surface area contributed by atoms with Crippen LogP contribution >= 0.6 is 0 Å². The van der Waals surface area contributed by atoms with Crippen molar-refractivity contribution in [1.29, 1.82) is 0 Å². The van der Waals surface area contributed by atoms with Crippen molar-refractivity contribution < 1.29 is 17.0 Å². The summed E-state index contributed by atoms with van der Waals surface area (Å²) in [5.74, 6) is 0. The number of aromatic nitrogens is 1. The molecular weight excluding hydrogens is 396 g/mol. The van der Waals surface area contributed by atoms with Gasteiger partial charge in [-0.25, -0.2) is 9.19 Å². The van der Waals surface area contributed by atoms with Crippen LogP contribution < -0.4 is 4.72 Å². The van der Waals surface area contributed by atoms with E-state index in [0.717, 1.165) is 5.56 Å². The van der Waals surface area contributed by atoms with Gasteiger partial charge in [0.25, 0.3) is 10.0 Å². The molecule has 0 fully saturated rings. The van der Waals surface area contributed by atoms with Crippen LogP contribution in [0.1, 0.15) is 5.56 Å². The highest BCUT2D eigenvalue weighted by Gasteiger charge is 2.23.